The third-order valence-corrected chi connectivity index (χ3v) is 5.30. The molecule has 114 valence electrons. The summed E-state index contributed by atoms with van der Waals surface area (Å²) in [5.74, 6) is 0.774. The number of aromatic nitrogens is 2. The van der Waals surface area contributed by atoms with Gasteiger partial charge in [-0.15, -0.1) is 0 Å². The fraction of sp³-hybridized carbons (Fsp3) is 0.429. The predicted molar refractivity (Wildman–Crippen MR) is 93.3 cm³/mol. The molecular weight excluding hydrogens is 372 g/mol. The highest BCUT2D eigenvalue weighted by atomic mass is 79.9. The molecule has 1 N–H and O–H groups in total. The van der Waals surface area contributed by atoms with Gasteiger partial charge in [0.2, 0.25) is 0 Å². The number of aliphatic carboxylic acids is 1. The Morgan fingerprint density at radius 2 is 2.29 bits per heavy atom. The van der Waals surface area contributed by atoms with Gasteiger partial charge in [0.25, 0.3) is 0 Å². The molecule has 0 spiro atoms. The van der Waals surface area contributed by atoms with Crippen LogP contribution in [0.5, 0.6) is 0 Å². The van der Waals surface area contributed by atoms with Crippen LogP contribution in [0.1, 0.15) is 6.92 Å². The zero-order chi connectivity index (χ0) is 15.4. The number of nitrogens with zero attached hydrogens (tertiary/aromatic N) is 2. The summed E-state index contributed by atoms with van der Waals surface area (Å²) in [5, 5.41) is 9.66. The van der Waals surface area contributed by atoms with Crippen molar-refractivity contribution in [1.82, 2.24) is 9.55 Å². The van der Waals surface area contributed by atoms with E-state index in [4.69, 9.17) is 5.11 Å². The van der Waals surface area contributed by atoms with Gasteiger partial charge in [0.15, 0.2) is 5.16 Å². The number of hydrogen-bond donors (Lipinski definition) is 1. The lowest BCUT2D eigenvalue weighted by atomic mass is 10.2. The van der Waals surface area contributed by atoms with E-state index in [2.05, 4.69) is 38.7 Å². The fourth-order valence-corrected chi connectivity index (χ4v) is 3.90. The number of carbonyl (C=O) groups is 1. The number of halogens is 1. The van der Waals surface area contributed by atoms with Gasteiger partial charge in [-0.1, -0.05) is 34.6 Å². The average Bonchev–Trinajstić information content (AvgIpc) is 2.74. The van der Waals surface area contributed by atoms with E-state index in [9.17, 15) is 4.79 Å². The van der Waals surface area contributed by atoms with Gasteiger partial charge in [-0.2, -0.15) is 11.8 Å². The van der Waals surface area contributed by atoms with Gasteiger partial charge in [-0.3, -0.25) is 4.79 Å². The van der Waals surface area contributed by atoms with Crippen molar-refractivity contribution >= 4 is 56.5 Å². The Morgan fingerprint density at radius 1 is 1.52 bits per heavy atom. The van der Waals surface area contributed by atoms with Crippen LogP contribution in [0.4, 0.5) is 0 Å². The predicted octanol–water partition coefficient (Wildman–Crippen LogP) is 3.97. The van der Waals surface area contributed by atoms with Gasteiger partial charge in [0, 0.05) is 11.0 Å². The molecule has 1 aromatic heterocycles. The summed E-state index contributed by atoms with van der Waals surface area (Å²) in [7, 11) is 0. The van der Waals surface area contributed by atoms with Crippen LogP contribution in [0.3, 0.4) is 0 Å². The minimum Gasteiger partial charge on any atom is -0.481 e. The highest BCUT2D eigenvalue weighted by molar-refractivity contribution is 9.10. The lowest BCUT2D eigenvalue weighted by Gasteiger charge is -2.14. The Hall–Kier alpha value is -0.660. The highest BCUT2D eigenvalue weighted by Crippen LogP contribution is 2.27. The molecule has 2 rings (SSSR count). The first-order valence-corrected chi connectivity index (χ1v) is 9.67. The molecule has 21 heavy (non-hydrogen) atoms. The van der Waals surface area contributed by atoms with Gasteiger partial charge in [0.1, 0.15) is 0 Å². The summed E-state index contributed by atoms with van der Waals surface area (Å²) in [5.41, 5.74) is 1.95. The van der Waals surface area contributed by atoms with Crippen molar-refractivity contribution in [3.05, 3.63) is 22.7 Å². The zero-order valence-corrected chi connectivity index (χ0v) is 15.1. The summed E-state index contributed by atoms with van der Waals surface area (Å²) >= 11 is 6.59. The Balaban J connectivity index is 2.37. The van der Waals surface area contributed by atoms with Gasteiger partial charge in [0.05, 0.1) is 16.8 Å². The molecule has 0 saturated carbocycles. The number of fused-ring (bicyclic) bond motifs is 1. The normalized spacial score (nSPS) is 12.7. The van der Waals surface area contributed by atoms with Crippen LogP contribution in [-0.4, -0.2) is 38.4 Å². The first-order valence-electron chi connectivity index (χ1n) is 6.50. The van der Waals surface area contributed by atoms with Crippen LogP contribution in [0.2, 0.25) is 0 Å². The summed E-state index contributed by atoms with van der Waals surface area (Å²) in [4.78, 5) is 15.4. The molecule has 1 heterocycles. The quantitative estimate of drug-likeness (QED) is 0.726. The van der Waals surface area contributed by atoms with Crippen molar-refractivity contribution in [2.24, 2.45) is 5.92 Å². The van der Waals surface area contributed by atoms with Crippen molar-refractivity contribution in [3.8, 4) is 0 Å². The maximum absolute atomic E-state index is 10.8. The third-order valence-electron chi connectivity index (χ3n) is 2.95. The molecule has 0 amide bonds. The molecule has 0 bridgehead atoms. The van der Waals surface area contributed by atoms with Gasteiger partial charge < -0.3 is 9.67 Å². The minimum absolute atomic E-state index is 0.0292. The van der Waals surface area contributed by atoms with Gasteiger partial charge in [-0.25, -0.2) is 4.98 Å². The van der Waals surface area contributed by atoms with Crippen molar-refractivity contribution < 1.29 is 9.90 Å². The molecule has 1 atom stereocenters. The topological polar surface area (TPSA) is 55.1 Å². The van der Waals surface area contributed by atoms with E-state index in [1.165, 1.54) is 11.8 Å². The molecule has 4 nitrogen and oxygen atoms in total. The van der Waals surface area contributed by atoms with E-state index >= 15 is 0 Å². The standard InChI is InChI=1S/C14H17BrN2O2S2/c1-9(7-20-2)6-17-12-5-10(15)3-4-11(12)16-14(17)21-8-13(18)19/h3-5,9H,6-8H2,1-2H3,(H,18,19). The first kappa shape index (κ1) is 16.7. The number of carboxylic acid groups (broad SMARTS) is 1. The number of hydrogen-bond acceptors (Lipinski definition) is 4. The Kier molecular flexibility index (Phi) is 6.01. The molecule has 2 aromatic rings. The molecule has 7 heteroatoms. The molecule has 0 aliphatic heterocycles. The molecule has 0 aliphatic carbocycles. The van der Waals surface area contributed by atoms with Gasteiger partial charge in [-0.05, 0) is 36.1 Å². The second-order valence-electron chi connectivity index (χ2n) is 4.88. The monoisotopic (exact) mass is 388 g/mol. The molecular formula is C14H17BrN2O2S2. The van der Waals surface area contributed by atoms with E-state index in [0.717, 1.165) is 33.0 Å². The SMILES string of the molecule is CSCC(C)Cn1c(SCC(=O)O)nc2ccc(Br)cc21. The lowest BCUT2D eigenvalue weighted by molar-refractivity contribution is -0.133. The number of imidazole rings is 1. The molecule has 0 fully saturated rings. The molecule has 0 radical (unpaired) electrons. The number of thioether (sulfide) groups is 2. The van der Waals surface area contributed by atoms with Crippen LogP contribution in [-0.2, 0) is 11.3 Å². The molecule has 0 aliphatic rings. The van der Waals surface area contributed by atoms with E-state index in [1.54, 1.807) is 0 Å². The summed E-state index contributed by atoms with van der Waals surface area (Å²) in [6.07, 6.45) is 2.10. The van der Waals surface area contributed by atoms with Crippen molar-refractivity contribution in [2.75, 3.05) is 17.8 Å². The van der Waals surface area contributed by atoms with Crippen molar-refractivity contribution in [1.29, 1.82) is 0 Å². The molecule has 1 unspecified atom stereocenters. The average molecular weight is 389 g/mol. The smallest absolute Gasteiger partial charge is 0.313 e. The number of rotatable bonds is 7. The second-order valence-corrected chi connectivity index (χ2v) is 7.65. The lowest BCUT2D eigenvalue weighted by Crippen LogP contribution is -2.11. The highest BCUT2D eigenvalue weighted by Gasteiger charge is 2.15. The van der Waals surface area contributed by atoms with E-state index in [1.807, 2.05) is 30.0 Å². The van der Waals surface area contributed by atoms with E-state index < -0.39 is 5.97 Å². The number of benzene rings is 1. The third kappa shape index (κ3) is 4.40. The van der Waals surface area contributed by atoms with Gasteiger partial charge >= 0.3 is 5.97 Å². The second kappa shape index (κ2) is 7.56. The van der Waals surface area contributed by atoms with Crippen LogP contribution < -0.4 is 0 Å². The van der Waals surface area contributed by atoms with Crippen molar-refractivity contribution in [3.63, 3.8) is 0 Å². The van der Waals surface area contributed by atoms with Crippen LogP contribution in [0, 0.1) is 5.92 Å². The van der Waals surface area contributed by atoms with Crippen LogP contribution in [0.15, 0.2) is 27.8 Å². The minimum atomic E-state index is -0.822. The fourth-order valence-electron chi connectivity index (χ4n) is 2.14. The summed E-state index contributed by atoms with van der Waals surface area (Å²) in [6.45, 7) is 3.04. The van der Waals surface area contributed by atoms with Crippen molar-refractivity contribution in [2.45, 2.75) is 18.6 Å². The maximum Gasteiger partial charge on any atom is 0.313 e. The van der Waals surface area contributed by atoms with Crippen LogP contribution >= 0.6 is 39.5 Å². The van der Waals surface area contributed by atoms with E-state index in [-0.39, 0.29) is 5.75 Å². The number of carboxylic acids is 1. The molecule has 1 aromatic carbocycles. The Bertz CT molecular complexity index is 645. The maximum atomic E-state index is 10.8. The summed E-state index contributed by atoms with van der Waals surface area (Å²) in [6, 6.07) is 5.95. The van der Waals surface area contributed by atoms with E-state index in [0.29, 0.717) is 5.92 Å². The summed E-state index contributed by atoms with van der Waals surface area (Å²) < 4.78 is 3.14. The Labute approximate surface area is 140 Å². The largest absolute Gasteiger partial charge is 0.481 e. The first-order chi connectivity index (χ1) is 10.0. The molecule has 0 saturated heterocycles. The Morgan fingerprint density at radius 3 is 2.95 bits per heavy atom. The van der Waals surface area contributed by atoms with Crippen LogP contribution in [0.25, 0.3) is 11.0 Å². The zero-order valence-electron chi connectivity index (χ0n) is 11.9.